The molecule has 1 amide bonds. The Hall–Kier alpha value is -3.02. The first-order chi connectivity index (χ1) is 17.8. The number of anilines is 1. The van der Waals surface area contributed by atoms with Crippen LogP contribution in [0.4, 0.5) is 5.69 Å². The highest BCUT2D eigenvalue weighted by Crippen LogP contribution is 2.31. The number of rotatable bonds is 10. The average Bonchev–Trinajstić information content (AvgIpc) is 2.85. The maximum absolute atomic E-state index is 13.6. The van der Waals surface area contributed by atoms with E-state index < -0.39 is 22.5 Å². The van der Waals surface area contributed by atoms with Gasteiger partial charge < -0.3 is 9.47 Å². The molecule has 37 heavy (non-hydrogen) atoms. The van der Waals surface area contributed by atoms with Crippen LogP contribution >= 0.6 is 27.7 Å². The summed E-state index contributed by atoms with van der Waals surface area (Å²) >= 11 is 5.17. The van der Waals surface area contributed by atoms with Crippen LogP contribution in [0.2, 0.25) is 0 Å². The van der Waals surface area contributed by atoms with Gasteiger partial charge >= 0.3 is 0 Å². The minimum atomic E-state index is -4.08. The number of halogens is 1. The van der Waals surface area contributed by atoms with Crippen molar-refractivity contribution in [2.45, 2.75) is 17.9 Å². The van der Waals surface area contributed by atoms with E-state index in [4.69, 9.17) is 9.47 Å². The standard InChI is InChI=1S/C26H26BrN3O5S2/c1-18-6-8-20(9-7-18)30(37(32,33)23-10-11-25(34-2)24(27)13-23)15-26(31)29-28-14-19-4-3-5-21(12-19)35-22-16-36-17-22/h3-14,22H,15-17H2,1-2H3,(H,29,31)/b28-14-. The van der Waals surface area contributed by atoms with Gasteiger partial charge in [0.05, 0.1) is 28.4 Å². The fourth-order valence-corrected chi connectivity index (χ4v) is 6.15. The molecule has 0 aromatic heterocycles. The summed E-state index contributed by atoms with van der Waals surface area (Å²) in [5, 5.41) is 4.02. The van der Waals surface area contributed by atoms with Crippen molar-refractivity contribution in [2.24, 2.45) is 5.10 Å². The van der Waals surface area contributed by atoms with Crippen LogP contribution in [0.1, 0.15) is 11.1 Å². The highest BCUT2D eigenvalue weighted by Gasteiger charge is 2.28. The molecule has 0 aliphatic carbocycles. The van der Waals surface area contributed by atoms with E-state index >= 15 is 0 Å². The number of carbonyl (C=O) groups excluding carboxylic acids is 1. The lowest BCUT2D eigenvalue weighted by Crippen LogP contribution is -2.39. The number of methoxy groups -OCH3 is 1. The van der Waals surface area contributed by atoms with Crippen LogP contribution in [0, 0.1) is 6.92 Å². The molecule has 1 heterocycles. The lowest BCUT2D eigenvalue weighted by molar-refractivity contribution is -0.119. The van der Waals surface area contributed by atoms with Crippen LogP contribution in [0.25, 0.3) is 0 Å². The van der Waals surface area contributed by atoms with Crippen molar-refractivity contribution in [3.05, 3.63) is 82.3 Å². The number of nitrogens with zero attached hydrogens (tertiary/aromatic N) is 2. The molecule has 1 N–H and O–H groups in total. The Morgan fingerprint density at radius 3 is 2.57 bits per heavy atom. The molecule has 0 radical (unpaired) electrons. The zero-order chi connectivity index (χ0) is 26.4. The van der Waals surface area contributed by atoms with E-state index in [1.807, 2.05) is 43.0 Å². The Labute approximate surface area is 229 Å². The highest BCUT2D eigenvalue weighted by atomic mass is 79.9. The average molecular weight is 605 g/mol. The van der Waals surface area contributed by atoms with E-state index in [1.54, 1.807) is 30.3 Å². The second-order valence-corrected chi connectivity index (χ2v) is 12.1. The molecule has 3 aromatic rings. The topological polar surface area (TPSA) is 97.3 Å². The number of hydrazone groups is 1. The molecule has 8 nitrogen and oxygen atoms in total. The Kier molecular flexibility index (Phi) is 8.78. The molecule has 4 rings (SSSR count). The smallest absolute Gasteiger partial charge is 0.264 e. The Morgan fingerprint density at radius 1 is 1.16 bits per heavy atom. The molecule has 0 spiro atoms. The van der Waals surface area contributed by atoms with Crippen LogP contribution < -0.4 is 19.2 Å². The fraction of sp³-hybridized carbons (Fsp3) is 0.231. The van der Waals surface area contributed by atoms with Gasteiger partial charge in [0.2, 0.25) is 0 Å². The van der Waals surface area contributed by atoms with Gasteiger partial charge in [0.1, 0.15) is 24.1 Å². The van der Waals surface area contributed by atoms with E-state index in [1.165, 1.54) is 25.5 Å². The van der Waals surface area contributed by atoms with Crippen molar-refractivity contribution in [1.29, 1.82) is 0 Å². The first-order valence-electron chi connectivity index (χ1n) is 11.4. The number of amides is 1. The molecule has 11 heteroatoms. The van der Waals surface area contributed by atoms with Crippen molar-refractivity contribution in [3.63, 3.8) is 0 Å². The van der Waals surface area contributed by atoms with Gasteiger partial charge in [-0.3, -0.25) is 9.10 Å². The van der Waals surface area contributed by atoms with E-state index in [0.29, 0.717) is 15.9 Å². The quantitative estimate of drug-likeness (QED) is 0.268. The van der Waals surface area contributed by atoms with Crippen molar-refractivity contribution < 1.29 is 22.7 Å². The second-order valence-electron chi connectivity index (χ2n) is 8.29. The molecule has 0 unspecified atom stereocenters. The SMILES string of the molecule is COc1ccc(S(=O)(=O)N(CC(=O)N/N=C\c2cccc(OC3CSC3)c2)c2ccc(C)cc2)cc1Br. The summed E-state index contributed by atoms with van der Waals surface area (Å²) < 4.78 is 39.8. The Bertz CT molecular complexity index is 1390. The van der Waals surface area contributed by atoms with Gasteiger partial charge in [-0.05, 0) is 70.9 Å². The molecule has 0 saturated carbocycles. The van der Waals surface area contributed by atoms with Gasteiger partial charge in [-0.25, -0.2) is 13.8 Å². The monoisotopic (exact) mass is 603 g/mol. The predicted octanol–water partition coefficient (Wildman–Crippen LogP) is 4.61. The first kappa shape index (κ1) is 27.0. The van der Waals surface area contributed by atoms with Gasteiger partial charge in [0.25, 0.3) is 15.9 Å². The zero-order valence-corrected chi connectivity index (χ0v) is 23.5. The number of aryl methyl sites for hydroxylation is 1. The van der Waals surface area contributed by atoms with Gasteiger partial charge in [0, 0.05) is 11.5 Å². The summed E-state index contributed by atoms with van der Waals surface area (Å²) in [6, 6.07) is 18.7. The van der Waals surface area contributed by atoms with Crippen LogP contribution in [0.3, 0.4) is 0 Å². The largest absolute Gasteiger partial charge is 0.496 e. The maximum Gasteiger partial charge on any atom is 0.264 e. The molecular weight excluding hydrogens is 578 g/mol. The van der Waals surface area contributed by atoms with E-state index in [0.717, 1.165) is 32.7 Å². The number of ether oxygens (including phenoxy) is 2. The van der Waals surface area contributed by atoms with Crippen LogP contribution in [0.15, 0.2) is 81.2 Å². The van der Waals surface area contributed by atoms with Crippen LogP contribution in [-0.4, -0.2) is 51.8 Å². The molecule has 0 bridgehead atoms. The molecule has 1 aliphatic rings. The number of hydrogen-bond acceptors (Lipinski definition) is 7. The van der Waals surface area contributed by atoms with Crippen molar-refractivity contribution in [1.82, 2.24) is 5.43 Å². The summed E-state index contributed by atoms with van der Waals surface area (Å²) in [6.45, 7) is 1.44. The number of hydrogen-bond donors (Lipinski definition) is 1. The molecule has 194 valence electrons. The minimum absolute atomic E-state index is 0.0127. The predicted molar refractivity (Wildman–Crippen MR) is 150 cm³/mol. The summed E-state index contributed by atoms with van der Waals surface area (Å²) in [7, 11) is -2.59. The lowest BCUT2D eigenvalue weighted by Gasteiger charge is -2.25. The van der Waals surface area contributed by atoms with Gasteiger partial charge in [-0.2, -0.15) is 16.9 Å². The van der Waals surface area contributed by atoms with Gasteiger partial charge in [-0.1, -0.05) is 29.8 Å². The van der Waals surface area contributed by atoms with Crippen LogP contribution in [0.5, 0.6) is 11.5 Å². The Balaban J connectivity index is 1.50. The van der Waals surface area contributed by atoms with E-state index in [-0.39, 0.29) is 11.0 Å². The third-order valence-electron chi connectivity index (χ3n) is 5.49. The third-order valence-corrected chi connectivity index (χ3v) is 9.10. The fourth-order valence-electron chi connectivity index (χ4n) is 3.45. The molecule has 1 saturated heterocycles. The van der Waals surface area contributed by atoms with E-state index in [2.05, 4.69) is 26.5 Å². The summed E-state index contributed by atoms with van der Waals surface area (Å²) in [6.07, 6.45) is 1.71. The number of nitrogens with one attached hydrogen (secondary N) is 1. The van der Waals surface area contributed by atoms with E-state index in [9.17, 15) is 13.2 Å². The molecular formula is C26H26BrN3O5S2. The van der Waals surface area contributed by atoms with Gasteiger partial charge in [-0.15, -0.1) is 0 Å². The van der Waals surface area contributed by atoms with Gasteiger partial charge in [0.15, 0.2) is 0 Å². The third kappa shape index (κ3) is 6.85. The number of carbonyl (C=O) groups is 1. The molecule has 3 aromatic carbocycles. The number of thioether (sulfide) groups is 1. The normalized spacial score (nSPS) is 13.7. The van der Waals surface area contributed by atoms with Crippen molar-refractivity contribution in [3.8, 4) is 11.5 Å². The number of benzene rings is 3. The summed E-state index contributed by atoms with van der Waals surface area (Å²) in [4.78, 5) is 12.8. The summed E-state index contributed by atoms with van der Waals surface area (Å²) in [5.41, 5.74) is 4.50. The molecule has 1 aliphatic heterocycles. The minimum Gasteiger partial charge on any atom is -0.496 e. The first-order valence-corrected chi connectivity index (χ1v) is 14.7. The second kappa shape index (κ2) is 12.0. The van der Waals surface area contributed by atoms with Crippen molar-refractivity contribution in [2.75, 3.05) is 29.5 Å². The molecule has 1 fully saturated rings. The maximum atomic E-state index is 13.6. The zero-order valence-electron chi connectivity index (χ0n) is 20.3. The summed E-state index contributed by atoms with van der Waals surface area (Å²) in [5.74, 6) is 2.59. The van der Waals surface area contributed by atoms with Crippen molar-refractivity contribution >= 4 is 55.5 Å². The molecule has 0 atom stereocenters. The Morgan fingerprint density at radius 2 is 1.92 bits per heavy atom. The number of sulfonamides is 1. The lowest BCUT2D eigenvalue weighted by atomic mass is 10.2. The van der Waals surface area contributed by atoms with Crippen LogP contribution in [-0.2, 0) is 14.8 Å². The highest BCUT2D eigenvalue weighted by molar-refractivity contribution is 9.10.